The van der Waals surface area contributed by atoms with E-state index in [0.29, 0.717) is 5.92 Å². The third kappa shape index (κ3) is 4.19. The van der Waals surface area contributed by atoms with Crippen LogP contribution in [0, 0.1) is 6.92 Å². The molecule has 2 aromatic rings. The number of amides is 2. The fourth-order valence-corrected chi connectivity index (χ4v) is 4.23. The first kappa shape index (κ1) is 19.9. The Morgan fingerprint density at radius 2 is 2.00 bits per heavy atom. The van der Waals surface area contributed by atoms with Crippen LogP contribution in [0.15, 0.2) is 47.6 Å². The Labute approximate surface area is 167 Å². The Balaban J connectivity index is 1.76. The summed E-state index contributed by atoms with van der Waals surface area (Å²) in [5, 5.41) is 6.89. The summed E-state index contributed by atoms with van der Waals surface area (Å²) < 4.78 is 0. The van der Waals surface area contributed by atoms with Crippen LogP contribution in [0.25, 0.3) is 0 Å². The van der Waals surface area contributed by atoms with Crippen LogP contribution in [0.1, 0.15) is 56.7 Å². The van der Waals surface area contributed by atoms with Crippen LogP contribution in [0.4, 0.5) is 16.2 Å². The minimum atomic E-state index is -0.356. The lowest BCUT2D eigenvalue weighted by molar-refractivity contribution is 0.252. The Hall–Kier alpha value is -2.82. The average Bonchev–Trinajstić information content (AvgIpc) is 2.63. The number of aryl methyl sites for hydroxylation is 1. The van der Waals surface area contributed by atoms with Gasteiger partial charge in [-0.05, 0) is 81.0 Å². The van der Waals surface area contributed by atoms with Gasteiger partial charge >= 0.3 is 6.03 Å². The molecule has 0 saturated carbocycles. The highest BCUT2D eigenvalue weighted by Crippen LogP contribution is 2.43. The first-order valence-corrected chi connectivity index (χ1v) is 9.89. The monoisotopic (exact) mass is 378 g/mol. The lowest BCUT2D eigenvalue weighted by Gasteiger charge is -2.47. The van der Waals surface area contributed by atoms with Gasteiger partial charge in [-0.1, -0.05) is 25.1 Å². The van der Waals surface area contributed by atoms with Crippen LogP contribution < -0.4 is 15.6 Å². The highest BCUT2D eigenvalue weighted by Gasteiger charge is 2.35. The summed E-state index contributed by atoms with van der Waals surface area (Å²) in [6.07, 6.45) is 2.84. The van der Waals surface area contributed by atoms with Crippen LogP contribution in [-0.4, -0.2) is 24.3 Å². The van der Waals surface area contributed by atoms with Gasteiger partial charge in [-0.2, -0.15) is 5.10 Å². The molecule has 2 N–H and O–H groups in total. The number of hydrogen-bond donors (Lipinski definition) is 2. The molecule has 1 aliphatic rings. The van der Waals surface area contributed by atoms with Crippen molar-refractivity contribution in [2.24, 2.45) is 5.10 Å². The van der Waals surface area contributed by atoms with Gasteiger partial charge in [0.25, 0.3) is 0 Å². The molecule has 0 fully saturated rings. The summed E-state index contributed by atoms with van der Waals surface area (Å²) in [6, 6.07) is 13.4. The predicted molar refractivity (Wildman–Crippen MR) is 118 cm³/mol. The second-order valence-electron chi connectivity index (χ2n) is 8.12. The lowest BCUT2D eigenvalue weighted by atomic mass is 9.79. The highest BCUT2D eigenvalue weighted by atomic mass is 16.2. The van der Waals surface area contributed by atoms with Crippen LogP contribution in [0.5, 0.6) is 0 Å². The molecule has 0 saturated heterocycles. The molecular formula is C23H30N4O. The largest absolute Gasteiger partial charge is 0.366 e. The standard InChI is InChI=1S/C23H30N4O/c1-6-27-21-12-16(2)18(13-20(21)17(3)14-23(27,4)5)15-24-26-22(28)25-19-10-8-7-9-11-19/h7-13,15,17H,6,14H2,1-5H3,(H2,25,26,28)/b24-15+. The van der Waals surface area contributed by atoms with Gasteiger partial charge in [-0.25, -0.2) is 10.2 Å². The van der Waals surface area contributed by atoms with Crippen molar-refractivity contribution in [2.45, 2.75) is 52.5 Å². The Bertz CT molecular complexity index is 874. The van der Waals surface area contributed by atoms with Crippen molar-refractivity contribution in [3.8, 4) is 0 Å². The zero-order valence-electron chi connectivity index (χ0n) is 17.4. The smallest absolute Gasteiger partial charge is 0.339 e. The number of nitrogens with one attached hydrogen (secondary N) is 2. The van der Waals surface area contributed by atoms with Gasteiger partial charge in [-0.15, -0.1) is 0 Å². The third-order valence-electron chi connectivity index (χ3n) is 5.49. The molecule has 2 aromatic carbocycles. The number of benzene rings is 2. The van der Waals surface area contributed by atoms with Crippen molar-refractivity contribution in [3.05, 3.63) is 59.2 Å². The molecule has 1 atom stereocenters. The zero-order valence-corrected chi connectivity index (χ0v) is 17.4. The van der Waals surface area contributed by atoms with Crippen molar-refractivity contribution in [2.75, 3.05) is 16.8 Å². The number of para-hydroxylation sites is 1. The van der Waals surface area contributed by atoms with Gasteiger partial charge in [0.15, 0.2) is 0 Å². The van der Waals surface area contributed by atoms with Crippen molar-refractivity contribution in [3.63, 3.8) is 0 Å². The second-order valence-corrected chi connectivity index (χ2v) is 8.12. The molecule has 0 radical (unpaired) electrons. The number of hydrogen-bond acceptors (Lipinski definition) is 3. The van der Waals surface area contributed by atoms with E-state index in [1.165, 1.54) is 11.3 Å². The molecule has 2 amide bonds. The van der Waals surface area contributed by atoms with E-state index < -0.39 is 0 Å². The third-order valence-corrected chi connectivity index (χ3v) is 5.49. The molecule has 1 unspecified atom stereocenters. The topological polar surface area (TPSA) is 56.7 Å². The molecular weight excluding hydrogens is 348 g/mol. The predicted octanol–water partition coefficient (Wildman–Crippen LogP) is 5.26. The summed E-state index contributed by atoms with van der Waals surface area (Å²) in [6.45, 7) is 12.2. The highest BCUT2D eigenvalue weighted by molar-refractivity contribution is 5.91. The molecule has 0 aliphatic carbocycles. The van der Waals surface area contributed by atoms with Gasteiger partial charge in [0.2, 0.25) is 0 Å². The average molecular weight is 379 g/mol. The molecule has 0 aromatic heterocycles. The van der Waals surface area contributed by atoms with Gasteiger partial charge < -0.3 is 10.2 Å². The van der Waals surface area contributed by atoms with Crippen molar-refractivity contribution in [1.82, 2.24) is 5.43 Å². The Morgan fingerprint density at radius 3 is 2.68 bits per heavy atom. The maximum atomic E-state index is 12.0. The van der Waals surface area contributed by atoms with Crippen molar-refractivity contribution < 1.29 is 4.79 Å². The number of hydrazone groups is 1. The summed E-state index contributed by atoms with van der Waals surface area (Å²) >= 11 is 0. The number of nitrogens with zero attached hydrogens (tertiary/aromatic N) is 2. The van der Waals surface area contributed by atoms with Crippen molar-refractivity contribution >= 4 is 23.6 Å². The van der Waals surface area contributed by atoms with E-state index in [1.54, 1.807) is 6.21 Å². The molecule has 3 rings (SSSR count). The SMILES string of the molecule is CCN1c2cc(C)c(/C=N/NC(=O)Nc3ccccc3)cc2C(C)CC1(C)C. The van der Waals surface area contributed by atoms with E-state index in [2.05, 4.69) is 67.5 Å². The number of carbonyl (C=O) groups excluding carboxylic acids is 1. The minimum Gasteiger partial charge on any atom is -0.366 e. The zero-order chi connectivity index (χ0) is 20.3. The number of carbonyl (C=O) groups is 1. The van der Waals surface area contributed by atoms with E-state index in [1.807, 2.05) is 30.3 Å². The Morgan fingerprint density at radius 1 is 1.29 bits per heavy atom. The van der Waals surface area contributed by atoms with Gasteiger partial charge in [-0.3, -0.25) is 0 Å². The van der Waals surface area contributed by atoms with E-state index in [9.17, 15) is 4.79 Å². The van der Waals surface area contributed by atoms with Crippen LogP contribution in [0.2, 0.25) is 0 Å². The quantitative estimate of drug-likeness (QED) is 0.563. The molecule has 5 nitrogen and oxygen atoms in total. The fraction of sp³-hybridized carbons (Fsp3) is 0.391. The normalized spacial score (nSPS) is 18.0. The molecule has 0 spiro atoms. The van der Waals surface area contributed by atoms with Gasteiger partial charge in [0.05, 0.1) is 6.21 Å². The Kier molecular flexibility index (Phi) is 5.73. The summed E-state index contributed by atoms with van der Waals surface area (Å²) in [4.78, 5) is 14.5. The van der Waals surface area contributed by atoms with Crippen molar-refractivity contribution in [1.29, 1.82) is 0 Å². The number of anilines is 2. The van der Waals surface area contributed by atoms with E-state index >= 15 is 0 Å². The van der Waals surface area contributed by atoms with E-state index in [4.69, 9.17) is 0 Å². The maximum absolute atomic E-state index is 12.0. The van der Waals surface area contributed by atoms with Gasteiger partial charge in [0.1, 0.15) is 0 Å². The van der Waals surface area contributed by atoms with E-state index in [-0.39, 0.29) is 11.6 Å². The molecule has 1 heterocycles. The summed E-state index contributed by atoms with van der Waals surface area (Å²) in [5.74, 6) is 0.481. The first-order chi connectivity index (χ1) is 13.3. The van der Waals surface area contributed by atoms with Crippen LogP contribution in [0.3, 0.4) is 0 Å². The van der Waals surface area contributed by atoms with Gasteiger partial charge in [0, 0.05) is 23.5 Å². The molecule has 28 heavy (non-hydrogen) atoms. The second kappa shape index (κ2) is 8.05. The maximum Gasteiger partial charge on any atom is 0.339 e. The van der Waals surface area contributed by atoms with Crippen LogP contribution >= 0.6 is 0 Å². The first-order valence-electron chi connectivity index (χ1n) is 9.89. The molecule has 5 heteroatoms. The summed E-state index contributed by atoms with van der Waals surface area (Å²) in [7, 11) is 0. The number of urea groups is 1. The summed E-state index contributed by atoms with van der Waals surface area (Å²) in [5.41, 5.74) is 8.27. The van der Waals surface area contributed by atoms with E-state index in [0.717, 1.165) is 29.8 Å². The molecule has 148 valence electrons. The van der Waals surface area contributed by atoms with Crippen LogP contribution in [-0.2, 0) is 0 Å². The fourth-order valence-electron chi connectivity index (χ4n) is 4.23. The molecule has 1 aliphatic heterocycles. The number of fused-ring (bicyclic) bond motifs is 1. The number of rotatable bonds is 4. The lowest BCUT2D eigenvalue weighted by Crippen LogP contribution is -2.48. The molecule has 0 bridgehead atoms. The minimum absolute atomic E-state index is 0.153.